The summed E-state index contributed by atoms with van der Waals surface area (Å²) in [7, 11) is 0. The van der Waals surface area contributed by atoms with Crippen molar-refractivity contribution in [2.75, 3.05) is 13.2 Å². The summed E-state index contributed by atoms with van der Waals surface area (Å²) >= 11 is 0. The van der Waals surface area contributed by atoms with E-state index in [2.05, 4.69) is 13.2 Å². The lowest BCUT2D eigenvalue weighted by atomic mass is 10.1. The van der Waals surface area contributed by atoms with Gasteiger partial charge in [-0.05, 0) is 0 Å². The number of ketones is 2. The number of aliphatic hydroxyl groups excluding tert-OH is 4. The van der Waals surface area contributed by atoms with Crippen molar-refractivity contribution in [2.45, 2.75) is 24.4 Å². The summed E-state index contributed by atoms with van der Waals surface area (Å²) in [6.45, 7) is 5.04. The molecule has 0 heterocycles. The Morgan fingerprint density at radius 2 is 1.26 bits per heavy atom. The zero-order valence-corrected chi connectivity index (χ0v) is 10.3. The summed E-state index contributed by atoms with van der Waals surface area (Å²) in [5.41, 5.74) is 0. The molecular weight excluding hydrogens is 256 g/mol. The monoisotopic (exact) mass is 274 g/mol. The highest BCUT2D eigenvalue weighted by Crippen LogP contribution is 2.08. The van der Waals surface area contributed by atoms with E-state index in [0.29, 0.717) is 0 Å². The molecule has 0 saturated heterocycles. The van der Waals surface area contributed by atoms with E-state index in [1.165, 1.54) is 0 Å². The molecule has 0 fully saturated rings. The second-order valence-electron chi connectivity index (χ2n) is 3.65. The van der Waals surface area contributed by atoms with Gasteiger partial charge in [-0.3, -0.25) is 9.59 Å². The number of hydrogen-bond acceptors (Lipinski definition) is 7. The van der Waals surface area contributed by atoms with Crippen molar-refractivity contribution in [3.8, 4) is 0 Å². The highest BCUT2D eigenvalue weighted by Gasteiger charge is 2.30. The Bertz CT molecular complexity index is 307. The fourth-order valence-electron chi connectivity index (χ4n) is 1.19. The molecule has 0 aliphatic rings. The highest BCUT2D eigenvalue weighted by molar-refractivity contribution is 5.91. The van der Waals surface area contributed by atoms with Crippen molar-refractivity contribution >= 4 is 11.6 Å². The van der Waals surface area contributed by atoms with Crippen LogP contribution < -0.4 is 0 Å². The predicted molar refractivity (Wildman–Crippen MR) is 65.3 cm³/mol. The summed E-state index contributed by atoms with van der Waals surface area (Å²) in [5.74, 6) is -1.76. The average Bonchev–Trinajstić information content (AvgIpc) is 2.45. The lowest BCUT2D eigenvalue weighted by Gasteiger charge is -2.21. The van der Waals surface area contributed by atoms with Gasteiger partial charge in [0.1, 0.15) is 24.4 Å². The Balaban J connectivity index is 4.83. The number of carbonyl (C=O) groups excluding carboxylic acids is 2. The first-order valence-electron chi connectivity index (χ1n) is 5.48. The van der Waals surface area contributed by atoms with Crippen LogP contribution in [-0.4, -0.2) is 69.6 Å². The van der Waals surface area contributed by atoms with E-state index in [0.717, 1.165) is 12.2 Å². The molecule has 0 spiro atoms. The number of Topliss-reactive ketones (excluding diaryl/α,β-unsaturated/α-hetero) is 2. The van der Waals surface area contributed by atoms with Crippen LogP contribution in [-0.2, 0) is 14.3 Å². The summed E-state index contributed by atoms with van der Waals surface area (Å²) in [6.07, 6.45) is -3.94. The van der Waals surface area contributed by atoms with Crippen molar-refractivity contribution in [1.82, 2.24) is 0 Å². The van der Waals surface area contributed by atoms with Gasteiger partial charge in [-0.1, -0.05) is 12.2 Å². The summed E-state index contributed by atoms with van der Waals surface area (Å²) in [6, 6.07) is 0. The smallest absolute Gasteiger partial charge is 0.196 e. The molecule has 4 N–H and O–H groups in total. The maximum Gasteiger partial charge on any atom is 0.196 e. The Morgan fingerprint density at radius 3 is 1.47 bits per heavy atom. The van der Waals surface area contributed by atoms with Crippen molar-refractivity contribution in [2.24, 2.45) is 0 Å². The molecule has 0 aliphatic heterocycles. The van der Waals surface area contributed by atoms with Gasteiger partial charge >= 0.3 is 0 Å². The van der Waals surface area contributed by atoms with Crippen LogP contribution in [0.3, 0.4) is 0 Å². The van der Waals surface area contributed by atoms with Gasteiger partial charge in [-0.2, -0.15) is 0 Å². The Morgan fingerprint density at radius 1 is 0.947 bits per heavy atom. The molecule has 4 unspecified atom stereocenters. The lowest BCUT2D eigenvalue weighted by Crippen LogP contribution is -2.42. The number of carbonyl (C=O) groups is 2. The molecule has 0 aromatic rings. The van der Waals surface area contributed by atoms with Crippen LogP contribution >= 0.6 is 0 Å². The second-order valence-corrected chi connectivity index (χ2v) is 3.65. The van der Waals surface area contributed by atoms with Gasteiger partial charge < -0.3 is 25.2 Å². The van der Waals surface area contributed by atoms with Gasteiger partial charge in [-0.25, -0.2) is 0 Å². The molecule has 0 aliphatic carbocycles. The first-order valence-corrected chi connectivity index (χ1v) is 5.48. The Labute approximate surface area is 110 Å². The van der Waals surface area contributed by atoms with Gasteiger partial charge in [0.05, 0.1) is 13.2 Å². The molecule has 7 nitrogen and oxygen atoms in total. The van der Waals surface area contributed by atoms with Crippen LogP contribution in [0.15, 0.2) is 25.3 Å². The van der Waals surface area contributed by atoms with Crippen LogP contribution in [0.25, 0.3) is 0 Å². The minimum atomic E-state index is -1.66. The van der Waals surface area contributed by atoms with E-state index in [9.17, 15) is 19.8 Å². The number of rotatable bonds is 10. The van der Waals surface area contributed by atoms with E-state index >= 15 is 0 Å². The Kier molecular flexibility index (Phi) is 8.05. The minimum Gasteiger partial charge on any atom is -0.393 e. The topological polar surface area (TPSA) is 124 Å². The van der Waals surface area contributed by atoms with Crippen LogP contribution in [0.1, 0.15) is 0 Å². The number of hydrogen-bond donors (Lipinski definition) is 4. The molecule has 0 bridgehead atoms. The standard InChI is InChI=1S/C12H18O7/c1-3-9(11(17)7(15)5-13)19-10(4-2)12(18)8(16)6-14/h3-4,7-10,13-16H,1-2,5-6H2. The van der Waals surface area contributed by atoms with Gasteiger partial charge in [0.15, 0.2) is 11.6 Å². The van der Waals surface area contributed by atoms with Gasteiger partial charge in [-0.15, -0.1) is 13.2 Å². The molecule has 108 valence electrons. The average molecular weight is 274 g/mol. The van der Waals surface area contributed by atoms with Crippen molar-refractivity contribution in [3.63, 3.8) is 0 Å². The van der Waals surface area contributed by atoms with E-state index in [4.69, 9.17) is 14.9 Å². The molecular formula is C12H18O7. The Hall–Kier alpha value is -1.38. The predicted octanol–water partition coefficient (Wildman–Crippen LogP) is -2.04. The van der Waals surface area contributed by atoms with Crippen LogP contribution in [0.5, 0.6) is 0 Å². The molecule has 0 radical (unpaired) electrons. The van der Waals surface area contributed by atoms with Crippen molar-refractivity contribution in [3.05, 3.63) is 25.3 Å². The van der Waals surface area contributed by atoms with E-state index in [1.807, 2.05) is 0 Å². The van der Waals surface area contributed by atoms with Gasteiger partial charge in [0.2, 0.25) is 0 Å². The largest absolute Gasteiger partial charge is 0.393 e. The maximum atomic E-state index is 11.6. The first kappa shape index (κ1) is 17.6. The zero-order valence-electron chi connectivity index (χ0n) is 10.3. The van der Waals surface area contributed by atoms with E-state index in [1.54, 1.807) is 0 Å². The molecule has 0 aromatic heterocycles. The van der Waals surface area contributed by atoms with Crippen molar-refractivity contribution in [1.29, 1.82) is 0 Å². The van der Waals surface area contributed by atoms with Gasteiger partial charge in [0.25, 0.3) is 0 Å². The second kappa shape index (κ2) is 8.68. The molecule has 0 rings (SSSR count). The summed E-state index contributed by atoms with van der Waals surface area (Å²) < 4.78 is 5.04. The molecule has 4 atom stereocenters. The molecule has 0 aromatic carbocycles. The van der Waals surface area contributed by atoms with Crippen molar-refractivity contribution < 1.29 is 34.8 Å². The van der Waals surface area contributed by atoms with E-state index < -0.39 is 49.2 Å². The zero-order chi connectivity index (χ0) is 15.0. The van der Waals surface area contributed by atoms with Crippen LogP contribution in [0.2, 0.25) is 0 Å². The van der Waals surface area contributed by atoms with Crippen LogP contribution in [0.4, 0.5) is 0 Å². The van der Waals surface area contributed by atoms with Gasteiger partial charge in [0, 0.05) is 0 Å². The third-order valence-electron chi connectivity index (χ3n) is 2.28. The number of aliphatic hydroxyl groups is 4. The minimum absolute atomic E-state index is 0.793. The molecule has 7 heteroatoms. The highest BCUT2D eigenvalue weighted by atomic mass is 16.5. The summed E-state index contributed by atoms with van der Waals surface area (Å²) in [4.78, 5) is 23.1. The lowest BCUT2D eigenvalue weighted by molar-refractivity contribution is -0.148. The number of ether oxygens (including phenoxy) is 1. The fraction of sp³-hybridized carbons (Fsp3) is 0.500. The molecule has 0 amide bonds. The first-order chi connectivity index (χ1) is 8.92. The van der Waals surface area contributed by atoms with E-state index in [-0.39, 0.29) is 0 Å². The normalized spacial score (nSPS) is 17.1. The molecule has 0 saturated carbocycles. The fourth-order valence-corrected chi connectivity index (χ4v) is 1.19. The third-order valence-corrected chi connectivity index (χ3v) is 2.28. The SMILES string of the molecule is C=CC(OC(C=C)C(=O)C(O)CO)C(=O)C(O)CO. The summed E-state index contributed by atoms with van der Waals surface area (Å²) in [5, 5.41) is 35.7. The maximum absolute atomic E-state index is 11.6. The third kappa shape index (κ3) is 5.01. The molecule has 19 heavy (non-hydrogen) atoms. The quantitative estimate of drug-likeness (QED) is 0.338. The van der Waals surface area contributed by atoms with Crippen LogP contribution in [0, 0.1) is 0 Å².